The van der Waals surface area contributed by atoms with Crippen LogP contribution in [0.1, 0.15) is 17.9 Å². The largest absolute Gasteiger partial charge is 0.264 e. The molecule has 0 bridgehead atoms. The first kappa shape index (κ1) is 9.94. The Balaban J connectivity index is 2.80. The molecule has 1 atom stereocenters. The molecule has 1 aromatic rings. The third-order valence-corrected chi connectivity index (χ3v) is 1.99. The summed E-state index contributed by atoms with van der Waals surface area (Å²) in [5, 5.41) is 8.89. The summed E-state index contributed by atoms with van der Waals surface area (Å²) in [6.45, 7) is 3.71. The highest BCUT2D eigenvalue weighted by atomic mass is 79.9. The fourth-order valence-corrected chi connectivity index (χ4v) is 1.37. The van der Waals surface area contributed by atoms with Gasteiger partial charge in [-0.1, -0.05) is 28.6 Å². The first-order valence-electron chi connectivity index (χ1n) is 3.87. The molecule has 0 aromatic carbocycles. The first-order valence-corrected chi connectivity index (χ1v) is 4.66. The lowest BCUT2D eigenvalue weighted by Crippen LogP contribution is -1.95. The van der Waals surface area contributed by atoms with Gasteiger partial charge in [-0.25, -0.2) is 0 Å². The summed E-state index contributed by atoms with van der Waals surface area (Å²) in [5.41, 5.74) is 0.936. The van der Waals surface area contributed by atoms with E-state index < -0.39 is 0 Å². The van der Waals surface area contributed by atoms with Crippen LogP contribution < -0.4 is 0 Å². The van der Waals surface area contributed by atoms with Crippen LogP contribution in [0.5, 0.6) is 0 Å². The maximum absolute atomic E-state index is 8.89. The van der Waals surface area contributed by atoms with Crippen LogP contribution in [-0.4, -0.2) is 4.98 Å². The van der Waals surface area contributed by atoms with Gasteiger partial charge in [0.25, 0.3) is 0 Å². The molecule has 1 rings (SSSR count). The lowest BCUT2D eigenvalue weighted by atomic mass is 9.99. The van der Waals surface area contributed by atoms with Gasteiger partial charge in [0.1, 0.15) is 0 Å². The molecule has 2 nitrogen and oxygen atoms in total. The Hall–Kier alpha value is -1.14. The van der Waals surface area contributed by atoms with Gasteiger partial charge >= 0.3 is 0 Å². The third kappa shape index (κ3) is 3.00. The van der Waals surface area contributed by atoms with E-state index in [4.69, 9.17) is 5.26 Å². The normalized spacial score (nSPS) is 11.7. The molecule has 1 heterocycles. The van der Waals surface area contributed by atoms with Crippen LogP contribution in [-0.2, 0) is 0 Å². The van der Waals surface area contributed by atoms with Gasteiger partial charge < -0.3 is 0 Å². The Morgan fingerprint density at radius 1 is 1.77 bits per heavy atom. The van der Waals surface area contributed by atoms with Crippen molar-refractivity contribution in [3.63, 3.8) is 0 Å². The minimum absolute atomic E-state index is 0.152. The standard InChI is InChI=1S/C10H9BrN2/c1-8(11)5-10(6-12)9-3-2-4-13-7-9/h2-4,7,10H,1,5H2. The molecule has 0 amide bonds. The molecule has 1 unspecified atom stereocenters. The highest BCUT2D eigenvalue weighted by Gasteiger charge is 2.10. The number of allylic oxidation sites excluding steroid dienone is 1. The van der Waals surface area contributed by atoms with Gasteiger partial charge in [-0.05, 0) is 22.5 Å². The molecule has 0 fully saturated rings. The second-order valence-electron chi connectivity index (χ2n) is 2.69. The lowest BCUT2D eigenvalue weighted by Gasteiger charge is -2.06. The Labute approximate surface area is 86.0 Å². The van der Waals surface area contributed by atoms with Crippen LogP contribution in [0.15, 0.2) is 35.6 Å². The van der Waals surface area contributed by atoms with Gasteiger partial charge in [-0.2, -0.15) is 5.26 Å². The molecule has 0 radical (unpaired) electrons. The highest BCUT2D eigenvalue weighted by molar-refractivity contribution is 9.11. The molecule has 3 heteroatoms. The predicted molar refractivity (Wildman–Crippen MR) is 55.3 cm³/mol. The molecule has 0 saturated heterocycles. The van der Waals surface area contributed by atoms with Crippen LogP contribution in [0, 0.1) is 11.3 Å². The van der Waals surface area contributed by atoms with Gasteiger partial charge in [0.15, 0.2) is 0 Å². The fourth-order valence-electron chi connectivity index (χ4n) is 1.04. The van der Waals surface area contributed by atoms with Gasteiger partial charge in [-0.3, -0.25) is 4.98 Å². The first-order chi connectivity index (χ1) is 6.24. The topological polar surface area (TPSA) is 36.7 Å². The number of nitriles is 1. The molecule has 0 saturated carbocycles. The van der Waals surface area contributed by atoms with Crippen molar-refractivity contribution in [3.05, 3.63) is 41.2 Å². The maximum Gasteiger partial charge on any atom is 0.0772 e. The molecule has 1 aromatic heterocycles. The number of rotatable bonds is 3. The van der Waals surface area contributed by atoms with E-state index in [9.17, 15) is 0 Å². The molecule has 0 aliphatic heterocycles. The summed E-state index contributed by atoms with van der Waals surface area (Å²) in [4.78, 5) is 3.96. The maximum atomic E-state index is 8.89. The average molecular weight is 237 g/mol. The van der Waals surface area contributed by atoms with E-state index in [0.717, 1.165) is 10.0 Å². The molecule has 13 heavy (non-hydrogen) atoms. The monoisotopic (exact) mass is 236 g/mol. The molecule has 0 aliphatic rings. The van der Waals surface area contributed by atoms with Crippen molar-refractivity contribution in [3.8, 4) is 6.07 Å². The number of nitrogens with zero attached hydrogens (tertiary/aromatic N) is 2. The van der Waals surface area contributed by atoms with E-state index in [-0.39, 0.29) is 5.92 Å². The minimum atomic E-state index is -0.152. The number of aromatic nitrogens is 1. The second-order valence-corrected chi connectivity index (χ2v) is 3.81. The van der Waals surface area contributed by atoms with Gasteiger partial charge in [-0.15, -0.1) is 0 Å². The highest BCUT2D eigenvalue weighted by Crippen LogP contribution is 2.23. The summed E-state index contributed by atoms with van der Waals surface area (Å²) in [5.74, 6) is -0.152. The van der Waals surface area contributed by atoms with E-state index in [0.29, 0.717) is 6.42 Å². The number of hydrogen-bond donors (Lipinski definition) is 0. The second kappa shape index (κ2) is 4.78. The molecule has 0 aliphatic carbocycles. The van der Waals surface area contributed by atoms with E-state index >= 15 is 0 Å². The number of pyridine rings is 1. The van der Waals surface area contributed by atoms with Gasteiger partial charge in [0.2, 0.25) is 0 Å². The van der Waals surface area contributed by atoms with Gasteiger partial charge in [0.05, 0.1) is 12.0 Å². The molecule has 66 valence electrons. The summed E-state index contributed by atoms with van der Waals surface area (Å²) in [6, 6.07) is 5.95. The molecular weight excluding hydrogens is 228 g/mol. The Kier molecular flexibility index (Phi) is 3.66. The fraction of sp³-hybridized carbons (Fsp3) is 0.200. The number of hydrogen-bond acceptors (Lipinski definition) is 2. The Morgan fingerprint density at radius 3 is 3.00 bits per heavy atom. The van der Waals surface area contributed by atoms with Crippen molar-refractivity contribution >= 4 is 15.9 Å². The Bertz CT molecular complexity index is 327. The third-order valence-electron chi connectivity index (χ3n) is 1.67. The number of halogens is 1. The van der Waals surface area contributed by atoms with E-state index in [1.807, 2.05) is 12.1 Å². The summed E-state index contributed by atoms with van der Waals surface area (Å²) in [7, 11) is 0. The zero-order valence-corrected chi connectivity index (χ0v) is 8.66. The van der Waals surface area contributed by atoms with Crippen LogP contribution in [0.3, 0.4) is 0 Å². The minimum Gasteiger partial charge on any atom is -0.264 e. The van der Waals surface area contributed by atoms with Gasteiger partial charge in [0, 0.05) is 12.4 Å². The van der Waals surface area contributed by atoms with Crippen molar-refractivity contribution in [2.24, 2.45) is 0 Å². The van der Waals surface area contributed by atoms with Crippen LogP contribution >= 0.6 is 15.9 Å². The van der Waals surface area contributed by atoms with E-state index in [1.165, 1.54) is 0 Å². The quantitative estimate of drug-likeness (QED) is 0.810. The SMILES string of the molecule is C=C(Br)CC(C#N)c1cccnc1. The predicted octanol–water partition coefficient (Wildman–Crippen LogP) is 2.99. The van der Waals surface area contributed by atoms with Crippen LogP contribution in [0.25, 0.3) is 0 Å². The Morgan fingerprint density at radius 2 is 2.54 bits per heavy atom. The smallest absolute Gasteiger partial charge is 0.0772 e. The van der Waals surface area contributed by atoms with Crippen LogP contribution in [0.2, 0.25) is 0 Å². The van der Waals surface area contributed by atoms with Crippen molar-refractivity contribution in [2.45, 2.75) is 12.3 Å². The lowest BCUT2D eigenvalue weighted by molar-refractivity contribution is 0.865. The molecule has 0 N–H and O–H groups in total. The zero-order valence-electron chi connectivity index (χ0n) is 7.07. The van der Waals surface area contributed by atoms with E-state index in [2.05, 4.69) is 33.6 Å². The summed E-state index contributed by atoms with van der Waals surface area (Å²) < 4.78 is 0.836. The average Bonchev–Trinajstić information content (AvgIpc) is 2.15. The summed E-state index contributed by atoms with van der Waals surface area (Å²) in [6.07, 6.45) is 4.03. The van der Waals surface area contributed by atoms with Crippen LogP contribution in [0.4, 0.5) is 0 Å². The van der Waals surface area contributed by atoms with Crippen molar-refractivity contribution < 1.29 is 0 Å². The summed E-state index contributed by atoms with van der Waals surface area (Å²) >= 11 is 3.25. The van der Waals surface area contributed by atoms with E-state index in [1.54, 1.807) is 12.4 Å². The van der Waals surface area contributed by atoms with Crippen molar-refractivity contribution in [2.75, 3.05) is 0 Å². The zero-order chi connectivity index (χ0) is 9.68. The van der Waals surface area contributed by atoms with Crippen molar-refractivity contribution in [1.29, 1.82) is 5.26 Å². The molecular formula is C10H9BrN2. The molecule has 0 spiro atoms. The van der Waals surface area contributed by atoms with Crippen molar-refractivity contribution in [1.82, 2.24) is 4.98 Å².